The van der Waals surface area contributed by atoms with Crippen LogP contribution in [-0.2, 0) is 6.54 Å². The molecule has 0 fully saturated rings. The number of aromatic nitrogens is 4. The van der Waals surface area contributed by atoms with Gasteiger partial charge in [-0.25, -0.2) is 13.9 Å². The van der Waals surface area contributed by atoms with Gasteiger partial charge in [-0.3, -0.25) is 4.98 Å². The van der Waals surface area contributed by atoms with E-state index >= 15 is 0 Å². The number of fused-ring (bicyclic) bond motifs is 1. The lowest BCUT2D eigenvalue weighted by molar-refractivity contribution is 0.413. The summed E-state index contributed by atoms with van der Waals surface area (Å²) in [7, 11) is 1.60. The molecule has 3 heterocycles. The van der Waals surface area contributed by atoms with Crippen molar-refractivity contribution in [2.24, 2.45) is 0 Å². The fourth-order valence-corrected chi connectivity index (χ4v) is 3.18. The Bertz CT molecular complexity index is 1010. The molecule has 0 aliphatic heterocycles. The second-order valence-corrected chi connectivity index (χ2v) is 6.29. The highest BCUT2D eigenvalue weighted by Crippen LogP contribution is 2.27. The standard InChI is InChI=1S/C17H14FN5OS/c1-24-14-6-12(8-19-9-14)15-10-21-17-23(15)22-16(25-17)20-7-11-2-4-13(18)5-3-11/h2-6,8-10H,7H2,1H3,(H,20,22). The van der Waals surface area contributed by atoms with E-state index in [0.29, 0.717) is 12.3 Å². The normalized spacial score (nSPS) is 11.0. The summed E-state index contributed by atoms with van der Waals surface area (Å²) in [5.41, 5.74) is 2.70. The number of anilines is 1. The first-order chi connectivity index (χ1) is 12.2. The van der Waals surface area contributed by atoms with Crippen molar-refractivity contribution >= 4 is 21.4 Å². The molecule has 126 valence electrons. The average molecular weight is 355 g/mol. The zero-order valence-corrected chi connectivity index (χ0v) is 14.1. The quantitative estimate of drug-likeness (QED) is 0.592. The number of ether oxygens (including phenoxy) is 1. The first-order valence-corrected chi connectivity index (χ1v) is 8.37. The summed E-state index contributed by atoms with van der Waals surface area (Å²) in [6.07, 6.45) is 5.16. The lowest BCUT2D eigenvalue weighted by atomic mass is 10.2. The Morgan fingerprint density at radius 1 is 1.20 bits per heavy atom. The smallest absolute Gasteiger partial charge is 0.214 e. The molecule has 0 atom stereocenters. The summed E-state index contributed by atoms with van der Waals surface area (Å²) in [6, 6.07) is 8.27. The van der Waals surface area contributed by atoms with Gasteiger partial charge in [0.2, 0.25) is 10.1 Å². The van der Waals surface area contributed by atoms with Crippen molar-refractivity contribution in [2.75, 3.05) is 12.4 Å². The number of nitrogens with zero attached hydrogens (tertiary/aromatic N) is 4. The molecule has 0 spiro atoms. The van der Waals surface area contributed by atoms with Crippen LogP contribution in [0.15, 0.2) is 48.9 Å². The molecule has 0 saturated heterocycles. The van der Waals surface area contributed by atoms with Crippen molar-refractivity contribution in [1.29, 1.82) is 0 Å². The molecule has 0 unspecified atom stereocenters. The van der Waals surface area contributed by atoms with Crippen LogP contribution in [0.1, 0.15) is 5.56 Å². The first kappa shape index (κ1) is 15.5. The second-order valence-electron chi connectivity index (χ2n) is 5.34. The Kier molecular flexibility index (Phi) is 4.02. The Hall–Kier alpha value is -3.00. The maximum Gasteiger partial charge on any atom is 0.214 e. The largest absolute Gasteiger partial charge is 0.495 e. The second kappa shape index (κ2) is 6.48. The molecule has 8 heteroatoms. The number of nitrogens with one attached hydrogen (secondary N) is 1. The number of pyridine rings is 1. The van der Waals surface area contributed by atoms with Gasteiger partial charge in [0.25, 0.3) is 0 Å². The molecule has 6 nitrogen and oxygen atoms in total. The molecule has 25 heavy (non-hydrogen) atoms. The molecule has 0 aliphatic rings. The molecule has 3 aromatic heterocycles. The van der Waals surface area contributed by atoms with Crippen LogP contribution < -0.4 is 10.1 Å². The molecule has 4 aromatic rings. The fourth-order valence-electron chi connectivity index (χ4n) is 2.41. The SMILES string of the molecule is COc1cncc(-c2cnc3sc(NCc4ccc(F)cc4)nn23)c1. The Balaban J connectivity index is 1.58. The summed E-state index contributed by atoms with van der Waals surface area (Å²) in [5, 5.41) is 8.54. The zero-order valence-electron chi connectivity index (χ0n) is 13.3. The van der Waals surface area contributed by atoms with Gasteiger partial charge in [-0.1, -0.05) is 23.5 Å². The Labute approximate surface area is 146 Å². The van der Waals surface area contributed by atoms with Crippen LogP contribution in [0.25, 0.3) is 16.2 Å². The van der Waals surface area contributed by atoms with Gasteiger partial charge in [-0.05, 0) is 23.8 Å². The molecule has 0 amide bonds. The van der Waals surface area contributed by atoms with Crippen molar-refractivity contribution in [3.8, 4) is 17.0 Å². The summed E-state index contributed by atoms with van der Waals surface area (Å²) in [6.45, 7) is 0.562. The van der Waals surface area contributed by atoms with Gasteiger partial charge in [0.05, 0.1) is 25.2 Å². The van der Waals surface area contributed by atoms with Crippen LogP contribution in [0.3, 0.4) is 0 Å². The highest BCUT2D eigenvalue weighted by atomic mass is 32.1. The van der Waals surface area contributed by atoms with Crippen LogP contribution >= 0.6 is 11.3 Å². The minimum absolute atomic E-state index is 0.243. The first-order valence-electron chi connectivity index (χ1n) is 7.55. The summed E-state index contributed by atoms with van der Waals surface area (Å²) >= 11 is 1.45. The van der Waals surface area contributed by atoms with E-state index in [-0.39, 0.29) is 5.82 Å². The van der Waals surface area contributed by atoms with Crippen molar-refractivity contribution < 1.29 is 9.13 Å². The highest BCUT2D eigenvalue weighted by molar-refractivity contribution is 7.20. The number of hydrogen-bond acceptors (Lipinski definition) is 6. The monoisotopic (exact) mass is 355 g/mol. The highest BCUT2D eigenvalue weighted by Gasteiger charge is 2.12. The Morgan fingerprint density at radius 2 is 2.04 bits per heavy atom. The van der Waals surface area contributed by atoms with Gasteiger partial charge >= 0.3 is 0 Å². The zero-order chi connectivity index (χ0) is 17.2. The van der Waals surface area contributed by atoms with Crippen molar-refractivity contribution in [2.45, 2.75) is 6.54 Å². The minimum Gasteiger partial charge on any atom is -0.495 e. The van der Waals surface area contributed by atoms with E-state index in [1.165, 1.54) is 23.5 Å². The van der Waals surface area contributed by atoms with E-state index in [4.69, 9.17) is 4.74 Å². The maximum absolute atomic E-state index is 13.0. The van der Waals surface area contributed by atoms with E-state index in [1.54, 1.807) is 42.3 Å². The molecular formula is C17H14FN5OS. The van der Waals surface area contributed by atoms with Gasteiger partial charge in [0.1, 0.15) is 11.6 Å². The molecule has 0 aliphatic carbocycles. The molecule has 0 saturated carbocycles. The number of halogens is 1. The summed E-state index contributed by atoms with van der Waals surface area (Å²) in [5.74, 6) is 0.436. The van der Waals surface area contributed by atoms with E-state index in [1.807, 2.05) is 6.07 Å². The number of imidazole rings is 1. The summed E-state index contributed by atoms with van der Waals surface area (Å²) in [4.78, 5) is 9.35. The van der Waals surface area contributed by atoms with Crippen LogP contribution in [0.5, 0.6) is 5.75 Å². The van der Waals surface area contributed by atoms with Gasteiger partial charge < -0.3 is 10.1 Å². The van der Waals surface area contributed by atoms with Crippen molar-refractivity contribution in [3.05, 3.63) is 60.3 Å². The predicted octanol–water partition coefficient (Wildman–Crippen LogP) is 3.61. The maximum atomic E-state index is 13.0. The van der Waals surface area contributed by atoms with Gasteiger partial charge in [-0.15, -0.1) is 5.10 Å². The molecule has 1 aromatic carbocycles. The molecule has 4 rings (SSSR count). The lowest BCUT2D eigenvalue weighted by Gasteiger charge is -2.03. The van der Waals surface area contributed by atoms with Crippen LogP contribution in [0.4, 0.5) is 9.52 Å². The van der Waals surface area contributed by atoms with E-state index in [0.717, 1.165) is 26.9 Å². The van der Waals surface area contributed by atoms with Gasteiger partial charge in [0.15, 0.2) is 0 Å². The van der Waals surface area contributed by atoms with E-state index < -0.39 is 0 Å². The van der Waals surface area contributed by atoms with Crippen molar-refractivity contribution in [1.82, 2.24) is 19.6 Å². The lowest BCUT2D eigenvalue weighted by Crippen LogP contribution is -2.00. The topological polar surface area (TPSA) is 64.3 Å². The third-order valence-electron chi connectivity index (χ3n) is 3.69. The Morgan fingerprint density at radius 3 is 2.84 bits per heavy atom. The van der Waals surface area contributed by atoms with Crippen LogP contribution in [0, 0.1) is 5.82 Å². The summed E-state index contributed by atoms with van der Waals surface area (Å²) < 4.78 is 19.9. The average Bonchev–Trinajstić information content (AvgIpc) is 3.21. The molecule has 0 radical (unpaired) electrons. The number of rotatable bonds is 5. The van der Waals surface area contributed by atoms with E-state index in [9.17, 15) is 4.39 Å². The third-order valence-corrected chi connectivity index (χ3v) is 4.57. The minimum atomic E-state index is -0.243. The predicted molar refractivity (Wildman–Crippen MR) is 94.4 cm³/mol. The van der Waals surface area contributed by atoms with E-state index in [2.05, 4.69) is 20.4 Å². The molecule has 1 N–H and O–H groups in total. The number of hydrogen-bond donors (Lipinski definition) is 1. The van der Waals surface area contributed by atoms with Gasteiger partial charge in [-0.2, -0.15) is 0 Å². The van der Waals surface area contributed by atoms with Crippen molar-refractivity contribution in [3.63, 3.8) is 0 Å². The fraction of sp³-hybridized carbons (Fsp3) is 0.118. The van der Waals surface area contributed by atoms with Gasteiger partial charge in [0, 0.05) is 18.3 Å². The number of benzene rings is 1. The third kappa shape index (κ3) is 3.16. The van der Waals surface area contributed by atoms with Crippen LogP contribution in [0.2, 0.25) is 0 Å². The van der Waals surface area contributed by atoms with Crippen LogP contribution in [-0.4, -0.2) is 26.7 Å². The molecule has 0 bridgehead atoms. The molecular weight excluding hydrogens is 341 g/mol. The number of methoxy groups -OCH3 is 1.